The Bertz CT molecular complexity index is 918. The molecule has 25 heavy (non-hydrogen) atoms. The molecule has 1 unspecified atom stereocenters. The monoisotopic (exact) mass is 356 g/mol. The molecule has 0 saturated heterocycles. The number of halogens is 1. The largest absolute Gasteiger partial charge is 0.465 e. The summed E-state index contributed by atoms with van der Waals surface area (Å²) in [7, 11) is 1.84. The van der Waals surface area contributed by atoms with E-state index in [2.05, 4.69) is 10.3 Å². The van der Waals surface area contributed by atoms with Crippen LogP contribution in [0.25, 0.3) is 10.9 Å². The minimum Gasteiger partial charge on any atom is -0.465 e. The van der Waals surface area contributed by atoms with Crippen LogP contribution in [0, 0.1) is 0 Å². The third-order valence-electron chi connectivity index (χ3n) is 3.92. The predicted molar refractivity (Wildman–Crippen MR) is 98.6 cm³/mol. The third-order valence-corrected chi connectivity index (χ3v) is 4.23. The lowest BCUT2D eigenvalue weighted by Crippen LogP contribution is -2.26. The smallest absolute Gasteiger partial charge is 0.405 e. The number of aromatic nitrogens is 2. The maximum atomic E-state index is 11.1. The number of nitrogens with one attached hydrogen (secondary N) is 1. The summed E-state index contributed by atoms with van der Waals surface area (Å²) in [6.07, 6.45) is 0.600. The number of rotatable bonds is 4. The average molecular weight is 357 g/mol. The van der Waals surface area contributed by atoms with E-state index in [1.165, 1.54) is 0 Å². The maximum absolute atomic E-state index is 11.1. The lowest BCUT2D eigenvalue weighted by atomic mass is 10.1. The standard InChI is InChI=1S/C18H17ClN4O2/c1-11(21-18(24)25)13-10-12-6-5-7-14(19)16(12)22-17(13)23(2)15-8-3-4-9-20-15/h3-11,21H,1-2H3,(H,24,25). The number of benzene rings is 1. The van der Waals surface area contributed by atoms with Gasteiger partial charge in [-0.15, -0.1) is 0 Å². The van der Waals surface area contributed by atoms with Crippen molar-refractivity contribution in [2.24, 2.45) is 0 Å². The summed E-state index contributed by atoms with van der Waals surface area (Å²) >= 11 is 6.29. The molecule has 3 rings (SSSR count). The van der Waals surface area contributed by atoms with E-state index in [1.54, 1.807) is 19.2 Å². The van der Waals surface area contributed by atoms with Gasteiger partial charge < -0.3 is 15.3 Å². The Labute approximate surface area is 150 Å². The summed E-state index contributed by atoms with van der Waals surface area (Å²) in [6.45, 7) is 1.78. The molecule has 3 aromatic rings. The fraction of sp³-hybridized carbons (Fsp3) is 0.167. The molecule has 0 bridgehead atoms. The molecule has 1 atom stereocenters. The maximum Gasteiger partial charge on any atom is 0.405 e. The molecular formula is C18H17ClN4O2. The third kappa shape index (κ3) is 3.49. The molecule has 7 heteroatoms. The van der Waals surface area contributed by atoms with Gasteiger partial charge in [-0.05, 0) is 31.2 Å². The lowest BCUT2D eigenvalue weighted by molar-refractivity contribution is 0.191. The first-order valence-electron chi connectivity index (χ1n) is 7.70. The minimum absolute atomic E-state index is 0.449. The van der Waals surface area contributed by atoms with Crippen molar-refractivity contribution >= 4 is 40.2 Å². The fourth-order valence-electron chi connectivity index (χ4n) is 2.68. The molecule has 6 nitrogen and oxygen atoms in total. The van der Waals surface area contributed by atoms with E-state index in [1.807, 2.05) is 48.3 Å². The number of anilines is 2. The first-order valence-corrected chi connectivity index (χ1v) is 8.08. The number of nitrogens with zero attached hydrogens (tertiary/aromatic N) is 3. The summed E-state index contributed by atoms with van der Waals surface area (Å²) in [5.41, 5.74) is 1.40. The zero-order valence-electron chi connectivity index (χ0n) is 13.8. The van der Waals surface area contributed by atoms with Gasteiger partial charge in [0.1, 0.15) is 11.6 Å². The normalized spacial score (nSPS) is 12.0. The van der Waals surface area contributed by atoms with Crippen LogP contribution in [0.4, 0.5) is 16.4 Å². The number of fused-ring (bicyclic) bond motifs is 1. The Morgan fingerprint density at radius 2 is 2.08 bits per heavy atom. The Kier molecular flexibility index (Phi) is 4.72. The van der Waals surface area contributed by atoms with Crippen LogP contribution in [-0.2, 0) is 0 Å². The Hall–Kier alpha value is -2.86. The molecule has 0 aliphatic heterocycles. The SMILES string of the molecule is CC(NC(=O)O)c1cc2cccc(Cl)c2nc1N(C)c1ccccn1. The van der Waals surface area contributed by atoms with Gasteiger partial charge in [-0.1, -0.05) is 29.8 Å². The van der Waals surface area contributed by atoms with Gasteiger partial charge in [-0.2, -0.15) is 0 Å². The highest BCUT2D eigenvalue weighted by Gasteiger charge is 2.20. The van der Waals surface area contributed by atoms with Crippen LogP contribution in [0.15, 0.2) is 48.7 Å². The first-order chi connectivity index (χ1) is 12.0. The number of hydrogen-bond donors (Lipinski definition) is 2. The molecule has 0 radical (unpaired) electrons. The molecule has 0 spiro atoms. The predicted octanol–water partition coefficient (Wildman–Crippen LogP) is 4.38. The van der Waals surface area contributed by atoms with E-state index in [-0.39, 0.29) is 0 Å². The van der Waals surface area contributed by atoms with Crippen molar-refractivity contribution in [1.29, 1.82) is 0 Å². The molecule has 1 amide bonds. The van der Waals surface area contributed by atoms with Gasteiger partial charge in [0.15, 0.2) is 0 Å². The summed E-state index contributed by atoms with van der Waals surface area (Å²) in [5, 5.41) is 12.9. The van der Waals surface area contributed by atoms with Crippen LogP contribution in [0.3, 0.4) is 0 Å². The van der Waals surface area contributed by atoms with Crippen LogP contribution in [-0.4, -0.2) is 28.2 Å². The molecule has 1 aromatic carbocycles. The summed E-state index contributed by atoms with van der Waals surface area (Å²) in [6, 6.07) is 12.5. The lowest BCUT2D eigenvalue weighted by Gasteiger charge is -2.24. The van der Waals surface area contributed by atoms with Gasteiger partial charge in [-0.25, -0.2) is 14.8 Å². The van der Waals surface area contributed by atoms with Crippen LogP contribution in [0.2, 0.25) is 5.02 Å². The Morgan fingerprint density at radius 1 is 1.28 bits per heavy atom. The van der Waals surface area contributed by atoms with Crippen LogP contribution < -0.4 is 10.2 Å². The molecule has 0 saturated carbocycles. The van der Waals surface area contributed by atoms with E-state index in [0.717, 1.165) is 10.9 Å². The van der Waals surface area contributed by atoms with Gasteiger partial charge in [0, 0.05) is 24.2 Å². The van der Waals surface area contributed by atoms with Gasteiger partial charge in [0.05, 0.1) is 16.6 Å². The number of carboxylic acid groups (broad SMARTS) is 1. The van der Waals surface area contributed by atoms with E-state index < -0.39 is 12.1 Å². The Morgan fingerprint density at radius 3 is 2.76 bits per heavy atom. The van der Waals surface area contributed by atoms with Crippen LogP contribution >= 0.6 is 11.6 Å². The molecule has 2 heterocycles. The first kappa shape index (κ1) is 17.0. The fourth-order valence-corrected chi connectivity index (χ4v) is 2.90. The van der Waals surface area contributed by atoms with E-state index in [4.69, 9.17) is 21.7 Å². The number of carbonyl (C=O) groups is 1. The molecule has 0 fully saturated rings. The van der Waals surface area contributed by atoms with Gasteiger partial charge in [0.2, 0.25) is 0 Å². The zero-order valence-corrected chi connectivity index (χ0v) is 14.5. The topological polar surface area (TPSA) is 78.3 Å². The number of para-hydroxylation sites is 1. The van der Waals surface area contributed by atoms with E-state index >= 15 is 0 Å². The second-order valence-electron chi connectivity index (χ2n) is 5.63. The zero-order chi connectivity index (χ0) is 18.0. The highest BCUT2D eigenvalue weighted by molar-refractivity contribution is 6.35. The Balaban J connectivity index is 2.19. The minimum atomic E-state index is -1.09. The van der Waals surface area contributed by atoms with Gasteiger partial charge in [-0.3, -0.25) is 0 Å². The summed E-state index contributed by atoms with van der Waals surface area (Å²) in [4.78, 5) is 21.9. The second kappa shape index (κ2) is 6.94. The van der Waals surface area contributed by atoms with Crippen molar-refractivity contribution < 1.29 is 9.90 Å². The van der Waals surface area contributed by atoms with Crippen LogP contribution in [0.5, 0.6) is 0 Å². The van der Waals surface area contributed by atoms with Gasteiger partial charge in [0.25, 0.3) is 0 Å². The van der Waals surface area contributed by atoms with Crippen molar-refractivity contribution in [1.82, 2.24) is 15.3 Å². The second-order valence-corrected chi connectivity index (χ2v) is 6.04. The molecule has 0 aliphatic rings. The van der Waals surface area contributed by atoms with Crippen molar-refractivity contribution in [3.63, 3.8) is 0 Å². The van der Waals surface area contributed by atoms with E-state index in [0.29, 0.717) is 22.2 Å². The van der Waals surface area contributed by atoms with Crippen molar-refractivity contribution in [3.05, 3.63) is 59.2 Å². The molecule has 2 N–H and O–H groups in total. The van der Waals surface area contributed by atoms with Crippen molar-refractivity contribution in [2.75, 3.05) is 11.9 Å². The van der Waals surface area contributed by atoms with Crippen LogP contribution in [0.1, 0.15) is 18.5 Å². The quantitative estimate of drug-likeness (QED) is 0.725. The average Bonchev–Trinajstić information content (AvgIpc) is 2.60. The summed E-state index contributed by atoms with van der Waals surface area (Å²) in [5.74, 6) is 1.30. The molecule has 2 aromatic heterocycles. The van der Waals surface area contributed by atoms with E-state index in [9.17, 15) is 4.79 Å². The highest BCUT2D eigenvalue weighted by Crippen LogP contribution is 2.33. The van der Waals surface area contributed by atoms with Crippen molar-refractivity contribution in [2.45, 2.75) is 13.0 Å². The summed E-state index contributed by atoms with van der Waals surface area (Å²) < 4.78 is 0. The van der Waals surface area contributed by atoms with Crippen molar-refractivity contribution in [3.8, 4) is 0 Å². The molecule has 128 valence electrons. The molecule has 0 aliphatic carbocycles. The van der Waals surface area contributed by atoms with Gasteiger partial charge >= 0.3 is 6.09 Å². The number of pyridine rings is 2. The number of hydrogen-bond acceptors (Lipinski definition) is 4. The molecular weight excluding hydrogens is 340 g/mol. The number of amides is 1. The highest BCUT2D eigenvalue weighted by atomic mass is 35.5.